The van der Waals surface area contributed by atoms with Gasteiger partial charge in [0.1, 0.15) is 0 Å². The van der Waals surface area contributed by atoms with Crippen molar-refractivity contribution >= 4 is 0 Å². The molecule has 1 atom stereocenters. The van der Waals surface area contributed by atoms with Crippen molar-refractivity contribution in [3.05, 3.63) is 11.7 Å². The third kappa shape index (κ3) is 3.94. The minimum atomic E-state index is -0.570. The summed E-state index contributed by atoms with van der Waals surface area (Å²) in [4.78, 5) is 4.04. The van der Waals surface area contributed by atoms with Crippen LogP contribution in [0, 0.1) is 0 Å². The lowest BCUT2D eigenvalue weighted by Gasteiger charge is -1.99. The SMILES string of the molecule is CCCOCCc1nc(C(N)CO)no1. The minimum absolute atomic E-state index is 0.189. The maximum absolute atomic E-state index is 8.77. The molecular formula is C9H17N3O3. The second-order valence-corrected chi connectivity index (χ2v) is 3.20. The van der Waals surface area contributed by atoms with E-state index in [1.54, 1.807) is 0 Å². The van der Waals surface area contributed by atoms with Crippen molar-refractivity contribution in [2.45, 2.75) is 25.8 Å². The Bertz CT molecular complexity index is 277. The monoisotopic (exact) mass is 215 g/mol. The summed E-state index contributed by atoms with van der Waals surface area (Å²) in [6.45, 7) is 3.15. The summed E-state index contributed by atoms with van der Waals surface area (Å²) >= 11 is 0. The molecule has 86 valence electrons. The maximum atomic E-state index is 8.77. The largest absolute Gasteiger partial charge is 0.394 e. The average Bonchev–Trinajstić information content (AvgIpc) is 2.72. The van der Waals surface area contributed by atoms with Gasteiger partial charge < -0.3 is 20.1 Å². The molecule has 1 unspecified atom stereocenters. The van der Waals surface area contributed by atoms with Crippen molar-refractivity contribution in [3.8, 4) is 0 Å². The van der Waals surface area contributed by atoms with Crippen LogP contribution in [0.2, 0.25) is 0 Å². The molecule has 3 N–H and O–H groups in total. The number of hydrogen-bond acceptors (Lipinski definition) is 6. The first-order valence-corrected chi connectivity index (χ1v) is 5.04. The highest BCUT2D eigenvalue weighted by Gasteiger charge is 2.12. The molecule has 1 aromatic rings. The molecule has 0 fully saturated rings. The fourth-order valence-electron chi connectivity index (χ4n) is 1.01. The molecule has 1 aromatic heterocycles. The van der Waals surface area contributed by atoms with Gasteiger partial charge in [-0.2, -0.15) is 4.98 Å². The zero-order valence-corrected chi connectivity index (χ0v) is 8.85. The van der Waals surface area contributed by atoms with Crippen LogP contribution < -0.4 is 5.73 Å². The molecule has 1 rings (SSSR count). The molecule has 0 amide bonds. The van der Waals surface area contributed by atoms with E-state index in [-0.39, 0.29) is 6.61 Å². The topological polar surface area (TPSA) is 94.4 Å². The van der Waals surface area contributed by atoms with Gasteiger partial charge in [0.25, 0.3) is 0 Å². The summed E-state index contributed by atoms with van der Waals surface area (Å²) in [6.07, 6.45) is 1.57. The highest BCUT2D eigenvalue weighted by molar-refractivity contribution is 4.92. The zero-order chi connectivity index (χ0) is 11.1. The number of ether oxygens (including phenoxy) is 1. The van der Waals surface area contributed by atoms with E-state index in [0.717, 1.165) is 13.0 Å². The third-order valence-corrected chi connectivity index (χ3v) is 1.82. The van der Waals surface area contributed by atoms with E-state index in [9.17, 15) is 0 Å². The summed E-state index contributed by atoms with van der Waals surface area (Å²) < 4.78 is 10.2. The molecule has 6 nitrogen and oxygen atoms in total. The summed E-state index contributed by atoms with van der Waals surface area (Å²) in [5, 5.41) is 12.4. The van der Waals surface area contributed by atoms with Gasteiger partial charge in [0.2, 0.25) is 5.89 Å². The van der Waals surface area contributed by atoms with Gasteiger partial charge in [-0.25, -0.2) is 0 Å². The van der Waals surface area contributed by atoms with Crippen molar-refractivity contribution < 1.29 is 14.4 Å². The summed E-state index contributed by atoms with van der Waals surface area (Å²) in [7, 11) is 0. The van der Waals surface area contributed by atoms with Crippen LogP contribution in [0.3, 0.4) is 0 Å². The molecule has 0 aromatic carbocycles. The predicted octanol–water partition coefficient (Wildman–Crippen LogP) is 0.0308. The second-order valence-electron chi connectivity index (χ2n) is 3.20. The number of rotatable bonds is 7. The van der Waals surface area contributed by atoms with E-state index < -0.39 is 6.04 Å². The average molecular weight is 215 g/mol. The Morgan fingerprint density at radius 1 is 1.53 bits per heavy atom. The lowest BCUT2D eigenvalue weighted by atomic mass is 10.3. The lowest BCUT2D eigenvalue weighted by Crippen LogP contribution is -2.16. The van der Waals surface area contributed by atoms with Crippen molar-refractivity contribution in [2.75, 3.05) is 19.8 Å². The number of hydrogen-bond donors (Lipinski definition) is 2. The van der Waals surface area contributed by atoms with Crippen LogP contribution in [0.4, 0.5) is 0 Å². The number of aliphatic hydroxyl groups is 1. The molecule has 0 aliphatic heterocycles. The summed E-state index contributed by atoms with van der Waals surface area (Å²) in [6, 6.07) is -0.570. The van der Waals surface area contributed by atoms with Gasteiger partial charge in [-0.15, -0.1) is 0 Å². The van der Waals surface area contributed by atoms with Crippen LogP contribution >= 0.6 is 0 Å². The Hall–Kier alpha value is -0.980. The second kappa shape index (κ2) is 6.49. The highest BCUT2D eigenvalue weighted by Crippen LogP contribution is 2.05. The molecule has 15 heavy (non-hydrogen) atoms. The first-order chi connectivity index (χ1) is 7.27. The van der Waals surface area contributed by atoms with Crippen LogP contribution in [-0.4, -0.2) is 35.1 Å². The van der Waals surface area contributed by atoms with Crippen LogP contribution in [-0.2, 0) is 11.2 Å². The molecule has 0 saturated heterocycles. The van der Waals surface area contributed by atoms with Gasteiger partial charge in [0.15, 0.2) is 5.82 Å². The van der Waals surface area contributed by atoms with Gasteiger partial charge >= 0.3 is 0 Å². The minimum Gasteiger partial charge on any atom is -0.394 e. The van der Waals surface area contributed by atoms with Crippen molar-refractivity contribution in [1.29, 1.82) is 0 Å². The Morgan fingerprint density at radius 2 is 2.33 bits per heavy atom. The third-order valence-electron chi connectivity index (χ3n) is 1.82. The first-order valence-electron chi connectivity index (χ1n) is 5.04. The van der Waals surface area contributed by atoms with Gasteiger partial charge in [-0.05, 0) is 6.42 Å². The van der Waals surface area contributed by atoms with Crippen molar-refractivity contribution in [1.82, 2.24) is 10.1 Å². The van der Waals surface area contributed by atoms with E-state index in [1.807, 2.05) is 6.92 Å². The summed E-state index contributed by atoms with van der Waals surface area (Å²) in [5.74, 6) is 0.827. The van der Waals surface area contributed by atoms with Crippen LogP contribution in [0.25, 0.3) is 0 Å². The molecule has 0 aliphatic rings. The highest BCUT2D eigenvalue weighted by atomic mass is 16.5. The fourth-order valence-corrected chi connectivity index (χ4v) is 1.01. The smallest absolute Gasteiger partial charge is 0.229 e. The molecule has 0 spiro atoms. The molecule has 0 bridgehead atoms. The number of aromatic nitrogens is 2. The Kier molecular flexibility index (Phi) is 5.23. The molecule has 0 radical (unpaired) electrons. The number of aliphatic hydroxyl groups excluding tert-OH is 1. The predicted molar refractivity (Wildman–Crippen MR) is 53.1 cm³/mol. The number of nitrogens with two attached hydrogens (primary N) is 1. The normalized spacial score (nSPS) is 13.0. The molecule has 0 saturated carbocycles. The van der Waals surface area contributed by atoms with Gasteiger partial charge in [-0.3, -0.25) is 0 Å². The fraction of sp³-hybridized carbons (Fsp3) is 0.778. The Morgan fingerprint density at radius 3 is 3.00 bits per heavy atom. The lowest BCUT2D eigenvalue weighted by molar-refractivity contribution is 0.132. The van der Waals surface area contributed by atoms with E-state index in [2.05, 4.69) is 10.1 Å². The first kappa shape index (κ1) is 12.1. The van der Waals surface area contributed by atoms with Crippen LogP contribution in [0.1, 0.15) is 31.1 Å². The van der Waals surface area contributed by atoms with Crippen molar-refractivity contribution in [3.63, 3.8) is 0 Å². The van der Waals surface area contributed by atoms with E-state index in [0.29, 0.717) is 24.7 Å². The summed E-state index contributed by atoms with van der Waals surface area (Å²) in [5.41, 5.74) is 5.52. The van der Waals surface area contributed by atoms with E-state index >= 15 is 0 Å². The molecule has 6 heteroatoms. The number of nitrogens with zero attached hydrogens (tertiary/aromatic N) is 2. The maximum Gasteiger partial charge on any atom is 0.229 e. The molecule has 0 aliphatic carbocycles. The molecular weight excluding hydrogens is 198 g/mol. The Balaban J connectivity index is 2.33. The standard InChI is InChI=1S/C9H17N3O3/c1-2-4-14-5-3-8-11-9(12-15-8)7(10)6-13/h7,13H,2-6,10H2,1H3. The quantitative estimate of drug-likeness (QED) is 0.623. The zero-order valence-electron chi connectivity index (χ0n) is 8.85. The van der Waals surface area contributed by atoms with Crippen LogP contribution in [0.5, 0.6) is 0 Å². The molecule has 1 heterocycles. The Labute approximate surface area is 88.4 Å². The van der Waals surface area contributed by atoms with E-state index in [4.69, 9.17) is 20.1 Å². The van der Waals surface area contributed by atoms with Gasteiger partial charge in [0, 0.05) is 6.61 Å². The van der Waals surface area contributed by atoms with Crippen molar-refractivity contribution in [2.24, 2.45) is 5.73 Å². The van der Waals surface area contributed by atoms with E-state index in [1.165, 1.54) is 0 Å². The van der Waals surface area contributed by atoms with Gasteiger partial charge in [0.05, 0.1) is 25.7 Å². The van der Waals surface area contributed by atoms with Gasteiger partial charge in [-0.1, -0.05) is 12.1 Å². The van der Waals surface area contributed by atoms with Crippen LogP contribution in [0.15, 0.2) is 4.52 Å².